The molecule has 2 amide bonds. The highest BCUT2D eigenvalue weighted by Gasteiger charge is 2.26. The molecular weight excluding hydrogens is 534 g/mol. The summed E-state index contributed by atoms with van der Waals surface area (Å²) in [4.78, 5) is 17.9. The molecule has 4 aromatic carbocycles. The van der Waals surface area contributed by atoms with Gasteiger partial charge in [0.1, 0.15) is 5.75 Å². The zero-order valence-corrected chi connectivity index (χ0v) is 22.7. The van der Waals surface area contributed by atoms with Gasteiger partial charge in [0, 0.05) is 17.0 Å². The number of carbonyl (C=O) groups is 1. The molecule has 1 aliphatic heterocycles. The molecule has 10 heteroatoms. The Morgan fingerprint density at radius 3 is 2.56 bits per heavy atom. The number of anilines is 2. The summed E-state index contributed by atoms with van der Waals surface area (Å²) in [6, 6.07) is 29.9. The summed E-state index contributed by atoms with van der Waals surface area (Å²) < 4.78 is 7.34. The van der Waals surface area contributed by atoms with E-state index >= 15 is 0 Å². The average molecular weight is 560 g/mol. The SMILES string of the molecule is O=C(Nc1nc2ccccc2s1)Nc1cc(-c2ccccc2-c2nnn[nH]2)cc2c1OCCCC2c1ccccc1. The summed E-state index contributed by atoms with van der Waals surface area (Å²) in [5, 5.41) is 21.1. The number of nitrogens with one attached hydrogen (secondary N) is 3. The lowest BCUT2D eigenvalue weighted by atomic mass is 9.85. The third kappa shape index (κ3) is 5.01. The van der Waals surface area contributed by atoms with Crippen molar-refractivity contribution in [2.45, 2.75) is 18.8 Å². The van der Waals surface area contributed by atoms with Crippen molar-refractivity contribution in [3.05, 3.63) is 102 Å². The molecule has 0 saturated carbocycles. The van der Waals surface area contributed by atoms with Crippen molar-refractivity contribution in [3.63, 3.8) is 0 Å². The van der Waals surface area contributed by atoms with Gasteiger partial charge in [-0.05, 0) is 64.2 Å². The molecule has 3 N–H and O–H groups in total. The largest absolute Gasteiger partial charge is 0.491 e. The molecule has 0 bridgehead atoms. The first-order valence-electron chi connectivity index (χ1n) is 13.4. The van der Waals surface area contributed by atoms with Crippen molar-refractivity contribution >= 4 is 38.4 Å². The van der Waals surface area contributed by atoms with E-state index < -0.39 is 0 Å². The maximum atomic E-state index is 13.3. The van der Waals surface area contributed by atoms with E-state index in [4.69, 9.17) is 4.74 Å². The van der Waals surface area contributed by atoms with Crippen molar-refractivity contribution in [3.8, 4) is 28.3 Å². The number of H-pyrrole nitrogens is 1. The third-order valence-corrected chi connectivity index (χ3v) is 8.13. The standard InChI is InChI=1S/C31H25N7O2S/c39-30(34-31-33-25-14-6-7-15-27(25)41-31)32-26-18-20(22-11-4-5-12-23(22)29-35-37-38-36-29)17-24-21(13-8-16-40-28(24)26)19-9-2-1-3-10-19/h1-7,9-12,14-15,17-18,21H,8,13,16H2,(H2,32,33,34,39)(H,35,36,37,38). The number of para-hydroxylation sites is 1. The van der Waals surface area contributed by atoms with Gasteiger partial charge in [-0.25, -0.2) is 14.9 Å². The second kappa shape index (κ2) is 10.8. The third-order valence-electron chi connectivity index (χ3n) is 7.18. The summed E-state index contributed by atoms with van der Waals surface area (Å²) in [5.41, 5.74) is 6.35. The van der Waals surface area contributed by atoms with Crippen LogP contribution >= 0.6 is 11.3 Å². The molecule has 0 aliphatic carbocycles. The zero-order chi connectivity index (χ0) is 27.6. The van der Waals surface area contributed by atoms with E-state index in [1.54, 1.807) is 0 Å². The zero-order valence-electron chi connectivity index (χ0n) is 21.9. The molecule has 3 heterocycles. The molecular formula is C31H25N7O2S. The van der Waals surface area contributed by atoms with Crippen LogP contribution in [0.2, 0.25) is 0 Å². The lowest BCUT2D eigenvalue weighted by Crippen LogP contribution is -2.20. The Labute approximate surface area is 239 Å². The minimum Gasteiger partial charge on any atom is -0.491 e. The van der Waals surface area contributed by atoms with Gasteiger partial charge < -0.3 is 10.1 Å². The van der Waals surface area contributed by atoms with Crippen LogP contribution in [0.25, 0.3) is 32.7 Å². The van der Waals surface area contributed by atoms with Crippen molar-refractivity contribution in [1.29, 1.82) is 0 Å². The molecule has 2 aromatic heterocycles. The molecule has 0 saturated heterocycles. The van der Waals surface area contributed by atoms with Gasteiger partial charge in [-0.15, -0.1) is 5.10 Å². The van der Waals surface area contributed by atoms with E-state index in [-0.39, 0.29) is 11.9 Å². The number of hydrogen-bond donors (Lipinski definition) is 3. The minimum absolute atomic E-state index is 0.0978. The first kappa shape index (κ1) is 24.9. The first-order valence-corrected chi connectivity index (χ1v) is 14.2. The Bertz CT molecular complexity index is 1800. The van der Waals surface area contributed by atoms with Crippen LogP contribution in [0.4, 0.5) is 15.6 Å². The van der Waals surface area contributed by atoms with Gasteiger partial charge >= 0.3 is 6.03 Å². The van der Waals surface area contributed by atoms with E-state index in [0.29, 0.717) is 29.0 Å². The molecule has 6 aromatic rings. The fraction of sp³-hybridized carbons (Fsp3) is 0.129. The number of thiazole rings is 1. The van der Waals surface area contributed by atoms with Gasteiger partial charge in [0.2, 0.25) is 0 Å². The van der Waals surface area contributed by atoms with E-state index in [1.807, 2.05) is 60.7 Å². The topological polar surface area (TPSA) is 118 Å². The van der Waals surface area contributed by atoms with E-state index in [1.165, 1.54) is 16.9 Å². The highest BCUT2D eigenvalue weighted by Crippen LogP contribution is 2.45. The molecule has 1 aliphatic rings. The molecule has 41 heavy (non-hydrogen) atoms. The second-order valence-corrected chi connectivity index (χ2v) is 10.8. The number of ether oxygens (including phenoxy) is 1. The quantitative estimate of drug-likeness (QED) is 0.208. The van der Waals surface area contributed by atoms with Gasteiger partial charge in [0.05, 0.1) is 22.5 Å². The minimum atomic E-state index is -0.389. The van der Waals surface area contributed by atoms with Crippen LogP contribution in [0, 0.1) is 0 Å². The molecule has 7 rings (SSSR count). The van der Waals surface area contributed by atoms with Crippen molar-refractivity contribution in [1.82, 2.24) is 25.6 Å². The lowest BCUT2D eigenvalue weighted by Gasteiger charge is -2.22. The van der Waals surface area contributed by atoms with Crippen LogP contribution in [0.15, 0.2) is 91.0 Å². The van der Waals surface area contributed by atoms with Crippen molar-refractivity contribution in [2.24, 2.45) is 0 Å². The number of aromatic nitrogens is 5. The number of urea groups is 1. The van der Waals surface area contributed by atoms with Crippen molar-refractivity contribution in [2.75, 3.05) is 17.2 Å². The Balaban J connectivity index is 1.33. The Morgan fingerprint density at radius 1 is 0.927 bits per heavy atom. The van der Waals surface area contributed by atoms with Crippen LogP contribution in [0.3, 0.4) is 0 Å². The predicted molar refractivity (Wildman–Crippen MR) is 160 cm³/mol. The number of benzene rings is 4. The first-order chi connectivity index (χ1) is 20.2. The Kier molecular flexibility index (Phi) is 6.58. The molecule has 0 spiro atoms. The maximum Gasteiger partial charge on any atom is 0.325 e. The van der Waals surface area contributed by atoms with Crippen LogP contribution in [-0.2, 0) is 0 Å². The second-order valence-electron chi connectivity index (χ2n) is 9.76. The number of rotatable bonds is 5. The molecule has 0 fully saturated rings. The van der Waals surface area contributed by atoms with E-state index in [0.717, 1.165) is 45.3 Å². The van der Waals surface area contributed by atoms with Gasteiger partial charge in [-0.3, -0.25) is 5.32 Å². The fourth-order valence-electron chi connectivity index (χ4n) is 5.36. The van der Waals surface area contributed by atoms with Gasteiger partial charge in [0.15, 0.2) is 11.0 Å². The Morgan fingerprint density at radius 2 is 1.73 bits per heavy atom. The number of carbonyl (C=O) groups excluding carboxylic acids is 1. The van der Waals surface area contributed by atoms with Gasteiger partial charge in [-0.1, -0.05) is 78.1 Å². The summed E-state index contributed by atoms with van der Waals surface area (Å²) in [6.45, 7) is 0.560. The highest BCUT2D eigenvalue weighted by molar-refractivity contribution is 7.22. The Hall–Kier alpha value is -5.09. The molecule has 202 valence electrons. The summed E-state index contributed by atoms with van der Waals surface area (Å²) in [6.07, 6.45) is 1.81. The number of amides is 2. The van der Waals surface area contributed by atoms with Gasteiger partial charge in [-0.2, -0.15) is 0 Å². The fourth-order valence-corrected chi connectivity index (χ4v) is 6.22. The maximum absolute atomic E-state index is 13.3. The average Bonchev–Trinajstić information content (AvgIpc) is 3.63. The number of aromatic amines is 1. The van der Waals surface area contributed by atoms with Crippen LogP contribution < -0.4 is 15.4 Å². The van der Waals surface area contributed by atoms with Gasteiger partial charge in [0.25, 0.3) is 0 Å². The smallest absolute Gasteiger partial charge is 0.325 e. The van der Waals surface area contributed by atoms with Crippen molar-refractivity contribution < 1.29 is 9.53 Å². The lowest BCUT2D eigenvalue weighted by molar-refractivity contribution is 0.262. The summed E-state index contributed by atoms with van der Waals surface area (Å²) in [5.74, 6) is 1.34. The predicted octanol–water partition coefficient (Wildman–Crippen LogP) is 7.09. The molecule has 1 unspecified atom stereocenters. The van der Waals surface area contributed by atoms with Crippen LogP contribution in [-0.4, -0.2) is 38.2 Å². The van der Waals surface area contributed by atoms with E-state index in [9.17, 15) is 4.79 Å². The van der Waals surface area contributed by atoms with Crippen LogP contribution in [0.1, 0.15) is 29.9 Å². The highest BCUT2D eigenvalue weighted by atomic mass is 32.1. The molecule has 1 atom stereocenters. The normalized spacial score (nSPS) is 14.6. The number of hydrogen-bond acceptors (Lipinski definition) is 7. The van der Waals surface area contributed by atoms with E-state index in [2.05, 4.69) is 66.6 Å². The number of fused-ring (bicyclic) bond motifs is 2. The summed E-state index contributed by atoms with van der Waals surface area (Å²) in [7, 11) is 0. The molecule has 9 nitrogen and oxygen atoms in total. The molecule has 0 radical (unpaired) electrons. The number of nitrogens with zero attached hydrogens (tertiary/aromatic N) is 4. The number of tetrazole rings is 1. The monoisotopic (exact) mass is 559 g/mol. The van der Waals surface area contributed by atoms with Crippen LogP contribution in [0.5, 0.6) is 5.75 Å². The summed E-state index contributed by atoms with van der Waals surface area (Å²) >= 11 is 1.43.